The highest BCUT2D eigenvalue weighted by Gasteiger charge is 2.29. The van der Waals surface area contributed by atoms with E-state index in [9.17, 15) is 18.0 Å². The lowest BCUT2D eigenvalue weighted by atomic mass is 9.97. The molecule has 4 heterocycles. The number of primary amides is 1. The zero-order chi connectivity index (χ0) is 29.7. The number of carbonyl (C=O) groups excluding carboxylic acids is 1. The predicted octanol–water partition coefficient (Wildman–Crippen LogP) is 6.22. The molecule has 0 aliphatic carbocycles. The molecular formula is C27H32BrF3N6O4. The highest BCUT2D eigenvalue weighted by Crippen LogP contribution is 2.34. The van der Waals surface area contributed by atoms with Crippen LogP contribution < -0.4 is 15.4 Å². The molecule has 2 unspecified atom stereocenters. The van der Waals surface area contributed by atoms with Gasteiger partial charge in [-0.15, -0.1) is 0 Å². The molecule has 14 heteroatoms. The number of amides is 1. The average molecular weight is 641 g/mol. The van der Waals surface area contributed by atoms with Gasteiger partial charge in [0.05, 0.1) is 18.6 Å². The van der Waals surface area contributed by atoms with E-state index in [1.54, 1.807) is 44.0 Å². The fraction of sp³-hybridized carbons (Fsp3) is 0.481. The van der Waals surface area contributed by atoms with E-state index in [2.05, 4.69) is 35.7 Å². The number of ether oxygens (including phenoxy) is 3. The molecule has 0 saturated carbocycles. The number of anilines is 1. The van der Waals surface area contributed by atoms with E-state index in [0.717, 1.165) is 25.3 Å². The third-order valence-electron chi connectivity index (χ3n) is 6.31. The molecule has 1 amide bonds. The maximum absolute atomic E-state index is 14.1. The van der Waals surface area contributed by atoms with Crippen LogP contribution in [0.15, 0.2) is 35.3 Å². The fourth-order valence-corrected chi connectivity index (χ4v) is 4.87. The van der Waals surface area contributed by atoms with Crippen LogP contribution in [0.3, 0.4) is 0 Å². The number of nitrogens with zero attached hydrogens (tertiary/aromatic N) is 5. The molecule has 0 radical (unpaired) electrons. The quantitative estimate of drug-likeness (QED) is 0.327. The summed E-state index contributed by atoms with van der Waals surface area (Å²) in [7, 11) is 0. The Balaban J connectivity index is 0.000000426. The summed E-state index contributed by atoms with van der Waals surface area (Å²) in [6, 6.07) is 1.53. The molecule has 2 aliphatic heterocycles. The Morgan fingerprint density at radius 1 is 1.10 bits per heavy atom. The molecule has 0 spiro atoms. The Morgan fingerprint density at radius 3 is 2.41 bits per heavy atom. The second-order valence-electron chi connectivity index (χ2n) is 10.7. The van der Waals surface area contributed by atoms with Gasteiger partial charge in [0.2, 0.25) is 5.95 Å². The van der Waals surface area contributed by atoms with E-state index < -0.39 is 29.1 Å². The molecule has 2 atom stereocenters. The lowest BCUT2D eigenvalue weighted by molar-refractivity contribution is -0.0397. The van der Waals surface area contributed by atoms with Crippen LogP contribution in [0.4, 0.5) is 23.9 Å². The van der Waals surface area contributed by atoms with Crippen LogP contribution in [0.1, 0.15) is 64.2 Å². The first-order valence-corrected chi connectivity index (χ1v) is 13.9. The number of hydrogen-bond donors (Lipinski definition) is 1. The van der Waals surface area contributed by atoms with Gasteiger partial charge in [-0.1, -0.05) is 0 Å². The van der Waals surface area contributed by atoms with Crippen LogP contribution in [0.5, 0.6) is 11.5 Å². The van der Waals surface area contributed by atoms with Crippen LogP contribution in [-0.2, 0) is 9.47 Å². The molecule has 10 nitrogen and oxygen atoms in total. The summed E-state index contributed by atoms with van der Waals surface area (Å²) in [5.41, 5.74) is 4.43. The normalized spacial score (nSPS) is 19.0. The second-order valence-corrected chi connectivity index (χ2v) is 11.4. The summed E-state index contributed by atoms with van der Waals surface area (Å²) >= 11 is 3.41. The Kier molecular flexibility index (Phi) is 9.74. The van der Waals surface area contributed by atoms with Crippen molar-refractivity contribution in [1.82, 2.24) is 19.7 Å². The molecular weight excluding hydrogens is 609 g/mol. The van der Waals surface area contributed by atoms with E-state index in [0.29, 0.717) is 54.2 Å². The zero-order valence-corrected chi connectivity index (χ0v) is 24.5. The molecule has 1 aromatic carbocycles. The summed E-state index contributed by atoms with van der Waals surface area (Å²) in [6.45, 7) is 6.98. The van der Waals surface area contributed by atoms with Crippen molar-refractivity contribution in [2.24, 2.45) is 5.73 Å². The number of carbonyl (C=O) groups is 1. The minimum absolute atomic E-state index is 0.103. The lowest BCUT2D eigenvalue weighted by Crippen LogP contribution is -2.27. The van der Waals surface area contributed by atoms with Gasteiger partial charge in [0.25, 0.3) is 0 Å². The van der Waals surface area contributed by atoms with Crippen LogP contribution in [0, 0.1) is 17.5 Å². The van der Waals surface area contributed by atoms with Gasteiger partial charge in [-0.05, 0) is 74.0 Å². The van der Waals surface area contributed by atoms with Gasteiger partial charge in [0, 0.05) is 31.7 Å². The molecule has 2 aliphatic rings. The van der Waals surface area contributed by atoms with Crippen LogP contribution in [-0.4, -0.2) is 51.1 Å². The molecule has 2 fully saturated rings. The standard InChI is InChI=1S/C22H21BrF3N5O2.C5H11NO2/c23-21-19(12-31(29-21)20-3-1-2-6-32-20)33-14-9-27-22(28-10-14)30-5-4-13(11-30)15-7-17(25)18(26)8-16(15)24;1-5(2,3)8-4(6)7/h7-10,12-13,20H,1-6,11H2;1-3H3,(H2,6,7). The SMILES string of the molecule is CC(C)(C)OC(N)=O.Fc1cc(F)c(C2CCN(c3ncc(Oc4cn(C5CCCCO5)nc4Br)cn3)C2)cc1F. The van der Waals surface area contributed by atoms with Crippen molar-refractivity contribution in [1.29, 1.82) is 0 Å². The first kappa shape index (κ1) is 30.6. The van der Waals surface area contributed by atoms with Crippen molar-refractivity contribution >= 4 is 28.0 Å². The number of hydrogen-bond acceptors (Lipinski definition) is 8. The third kappa shape index (κ3) is 8.32. The first-order valence-electron chi connectivity index (χ1n) is 13.1. The van der Waals surface area contributed by atoms with E-state index in [4.69, 9.17) is 15.2 Å². The van der Waals surface area contributed by atoms with Crippen molar-refractivity contribution in [3.63, 3.8) is 0 Å². The first-order chi connectivity index (χ1) is 19.4. The average Bonchev–Trinajstić information content (AvgIpc) is 3.53. The Hall–Kier alpha value is -3.39. The van der Waals surface area contributed by atoms with Gasteiger partial charge in [0.1, 0.15) is 17.6 Å². The summed E-state index contributed by atoms with van der Waals surface area (Å²) in [4.78, 5) is 20.6. The second kappa shape index (κ2) is 13.1. The van der Waals surface area contributed by atoms with Crippen molar-refractivity contribution in [2.75, 3.05) is 24.6 Å². The maximum atomic E-state index is 14.1. The molecule has 3 aromatic rings. The fourth-order valence-electron chi connectivity index (χ4n) is 4.50. The number of benzene rings is 1. The van der Waals surface area contributed by atoms with E-state index in [1.807, 2.05) is 4.90 Å². The van der Waals surface area contributed by atoms with Crippen LogP contribution in [0.2, 0.25) is 0 Å². The maximum Gasteiger partial charge on any atom is 0.405 e. The van der Waals surface area contributed by atoms with Gasteiger partial charge < -0.3 is 24.8 Å². The zero-order valence-electron chi connectivity index (χ0n) is 22.9. The minimum Gasteiger partial charge on any atom is -0.450 e. The highest BCUT2D eigenvalue weighted by molar-refractivity contribution is 9.10. The summed E-state index contributed by atoms with van der Waals surface area (Å²) < 4.78 is 59.4. The van der Waals surface area contributed by atoms with Crippen LogP contribution >= 0.6 is 15.9 Å². The molecule has 0 bridgehead atoms. The lowest BCUT2D eigenvalue weighted by Gasteiger charge is -2.22. The number of halogens is 4. The predicted molar refractivity (Wildman–Crippen MR) is 147 cm³/mol. The number of aromatic nitrogens is 4. The van der Waals surface area contributed by atoms with Crippen molar-refractivity contribution < 1.29 is 32.2 Å². The van der Waals surface area contributed by atoms with E-state index >= 15 is 0 Å². The summed E-state index contributed by atoms with van der Waals surface area (Å²) in [6.07, 6.45) is 7.67. The molecule has 2 saturated heterocycles. The van der Waals surface area contributed by atoms with Gasteiger partial charge in [-0.2, -0.15) is 5.10 Å². The van der Waals surface area contributed by atoms with Crippen LogP contribution in [0.25, 0.3) is 0 Å². The molecule has 5 rings (SSSR count). The van der Waals surface area contributed by atoms with Gasteiger partial charge in [-0.3, -0.25) is 0 Å². The van der Waals surface area contributed by atoms with Gasteiger partial charge >= 0.3 is 6.09 Å². The summed E-state index contributed by atoms with van der Waals surface area (Å²) in [5, 5.41) is 4.42. The van der Waals surface area contributed by atoms with Gasteiger partial charge in [-0.25, -0.2) is 32.6 Å². The van der Waals surface area contributed by atoms with E-state index in [-0.39, 0.29) is 17.7 Å². The van der Waals surface area contributed by atoms with Crippen molar-refractivity contribution in [3.8, 4) is 11.5 Å². The smallest absolute Gasteiger partial charge is 0.405 e. The Bertz CT molecular complexity index is 1350. The monoisotopic (exact) mass is 640 g/mol. The van der Waals surface area contributed by atoms with Gasteiger partial charge in [0.15, 0.2) is 27.7 Å². The van der Waals surface area contributed by atoms with Crippen molar-refractivity contribution in [2.45, 2.75) is 64.2 Å². The minimum atomic E-state index is -1.19. The Morgan fingerprint density at radius 2 is 1.80 bits per heavy atom. The topological polar surface area (TPSA) is 118 Å². The third-order valence-corrected chi connectivity index (χ3v) is 6.86. The number of rotatable bonds is 5. The largest absolute Gasteiger partial charge is 0.450 e. The van der Waals surface area contributed by atoms with E-state index in [1.165, 1.54) is 0 Å². The highest BCUT2D eigenvalue weighted by atomic mass is 79.9. The Labute approximate surface area is 244 Å². The molecule has 222 valence electrons. The molecule has 2 aromatic heterocycles. The molecule has 2 N–H and O–H groups in total. The summed E-state index contributed by atoms with van der Waals surface area (Å²) in [5.74, 6) is -1.83. The van der Waals surface area contributed by atoms with Crippen molar-refractivity contribution in [3.05, 3.63) is 58.3 Å². The number of nitrogens with two attached hydrogens (primary N) is 1. The molecule has 41 heavy (non-hydrogen) atoms.